The van der Waals surface area contributed by atoms with Gasteiger partial charge in [0.15, 0.2) is 11.2 Å². The van der Waals surface area contributed by atoms with Crippen LogP contribution in [0, 0.1) is 0 Å². The van der Waals surface area contributed by atoms with Crippen molar-refractivity contribution < 1.29 is 36.6 Å². The normalized spacial score (nSPS) is 17.7. The number of aliphatic hydroxyl groups is 2. The van der Waals surface area contributed by atoms with E-state index in [0.29, 0.717) is 20.0 Å². The maximum Gasteiger partial charge on any atom is 0.418 e. The molecule has 0 aliphatic heterocycles. The molecule has 0 saturated heterocycles. The van der Waals surface area contributed by atoms with Gasteiger partial charge in [-0.05, 0) is 38.8 Å². The number of hydrogen-bond donors (Lipinski definition) is 3. The largest absolute Gasteiger partial charge is 0.418 e. The fourth-order valence-electron chi connectivity index (χ4n) is 2.82. The van der Waals surface area contributed by atoms with Gasteiger partial charge in [-0.3, -0.25) is 4.90 Å². The summed E-state index contributed by atoms with van der Waals surface area (Å²) in [5.74, 6) is 0. The Balaban J connectivity index is 0.000000489. The number of hydrogen-bond acceptors (Lipinski definition) is 4. The molecule has 0 fully saturated rings. The number of benzene rings is 2. The van der Waals surface area contributed by atoms with Crippen LogP contribution in [0.15, 0.2) is 60.7 Å². The molecule has 4 nitrogen and oxygen atoms in total. The molecule has 2 rings (SSSR count). The van der Waals surface area contributed by atoms with Crippen molar-refractivity contribution >= 4 is 0 Å². The maximum atomic E-state index is 13.2. The lowest BCUT2D eigenvalue weighted by Crippen LogP contribution is -2.57. The molecule has 0 aromatic heterocycles. The van der Waals surface area contributed by atoms with E-state index in [1.54, 1.807) is 4.90 Å². The molecule has 0 unspecified atom stereocenters. The molecule has 0 bridgehead atoms. The Morgan fingerprint density at radius 3 is 1.26 bits per heavy atom. The maximum absolute atomic E-state index is 13.2. The molecule has 0 saturated carbocycles. The van der Waals surface area contributed by atoms with Crippen LogP contribution in [0.4, 0.5) is 26.3 Å². The third kappa shape index (κ3) is 7.97. The van der Waals surface area contributed by atoms with Crippen LogP contribution in [0.1, 0.15) is 38.8 Å². The third-order valence-electron chi connectivity index (χ3n) is 5.85. The average molecular weight is 495 g/mol. The molecule has 0 spiro atoms. The number of nitrogens with zero attached hydrogens (tertiary/aromatic N) is 1. The minimum Gasteiger partial charge on any atom is -0.379 e. The van der Waals surface area contributed by atoms with E-state index in [9.17, 15) is 31.4 Å². The lowest BCUT2D eigenvalue weighted by molar-refractivity contribution is -0.272. The van der Waals surface area contributed by atoms with Crippen molar-refractivity contribution in [2.75, 3.05) is 0 Å². The van der Waals surface area contributed by atoms with E-state index in [0.717, 1.165) is 25.0 Å². The molecular weight excluding hydrogens is 462 g/mol. The summed E-state index contributed by atoms with van der Waals surface area (Å²) in [5, 5.41) is 18.8. The summed E-state index contributed by atoms with van der Waals surface area (Å²) in [5.41, 5.74) is 1.11. The van der Waals surface area contributed by atoms with Crippen LogP contribution < -0.4 is 5.73 Å². The summed E-state index contributed by atoms with van der Waals surface area (Å²) in [6, 6.07) is 16.2. The van der Waals surface area contributed by atoms with Gasteiger partial charge in [0.05, 0.1) is 0 Å². The van der Waals surface area contributed by atoms with Gasteiger partial charge >= 0.3 is 12.4 Å². The molecule has 10 heteroatoms. The Bertz CT molecular complexity index is 812. The van der Waals surface area contributed by atoms with Crippen molar-refractivity contribution in [3.05, 3.63) is 71.8 Å². The average Bonchev–Trinajstić information content (AvgIpc) is 2.73. The van der Waals surface area contributed by atoms with E-state index in [1.165, 1.54) is 6.92 Å². The Morgan fingerprint density at radius 2 is 1.03 bits per heavy atom. The van der Waals surface area contributed by atoms with Crippen molar-refractivity contribution in [2.45, 2.75) is 76.4 Å². The Kier molecular flexibility index (Phi) is 10.1. The highest BCUT2D eigenvalue weighted by Gasteiger charge is 2.55. The standard InChI is InChI=1S/C19H22F3NO.C5H10F3NO/c1-15(18(2,24)19(20,21)22)23(13-16-9-5-3-6-10-16)14-17-11-7-4-8-12-17;1-3(9)4(2,10)5(6,7)8/h3-12,15,24H,13-14H2,1-2H3;3,10H,9H2,1-2H3/t15-,18+;3-,4+/m11/s1. The van der Waals surface area contributed by atoms with Gasteiger partial charge in [0.25, 0.3) is 0 Å². The molecule has 2 aromatic carbocycles. The molecule has 192 valence electrons. The van der Waals surface area contributed by atoms with Crippen molar-refractivity contribution in [3.8, 4) is 0 Å². The first-order chi connectivity index (χ1) is 15.4. The topological polar surface area (TPSA) is 69.7 Å². The molecule has 0 heterocycles. The fourth-order valence-corrected chi connectivity index (χ4v) is 2.82. The zero-order chi connectivity index (χ0) is 26.4. The lowest BCUT2D eigenvalue weighted by atomic mass is 9.94. The van der Waals surface area contributed by atoms with E-state index < -0.39 is 35.6 Å². The smallest absolute Gasteiger partial charge is 0.379 e. The predicted octanol–water partition coefficient (Wildman–Crippen LogP) is 5.04. The van der Waals surface area contributed by atoms with Gasteiger partial charge in [-0.15, -0.1) is 0 Å². The SMILES string of the molecule is C[C@@H](N(Cc1ccccc1)Cc1ccccc1)[C@](C)(O)C(F)(F)F.C[C@@H](N)[C@](C)(O)C(F)(F)F. The predicted molar refractivity (Wildman–Crippen MR) is 119 cm³/mol. The van der Waals surface area contributed by atoms with E-state index in [-0.39, 0.29) is 0 Å². The van der Waals surface area contributed by atoms with Crippen molar-refractivity contribution in [1.82, 2.24) is 4.90 Å². The summed E-state index contributed by atoms with van der Waals surface area (Å²) in [7, 11) is 0. The van der Waals surface area contributed by atoms with Crippen LogP contribution >= 0.6 is 0 Å². The molecule has 4 N–H and O–H groups in total. The Labute approximate surface area is 196 Å². The summed E-state index contributed by atoms with van der Waals surface area (Å²) in [4.78, 5) is 1.65. The first kappa shape index (κ1) is 29.9. The highest BCUT2D eigenvalue weighted by molar-refractivity contribution is 5.18. The second-order valence-corrected chi connectivity index (χ2v) is 8.63. The molecule has 0 aliphatic carbocycles. The van der Waals surface area contributed by atoms with Crippen LogP contribution in [0.3, 0.4) is 0 Å². The number of nitrogens with two attached hydrogens (primary N) is 1. The monoisotopic (exact) mass is 494 g/mol. The number of alkyl halides is 6. The molecule has 2 aromatic rings. The second kappa shape index (κ2) is 11.5. The van der Waals surface area contributed by atoms with Crippen LogP contribution in [-0.2, 0) is 13.1 Å². The Hall–Kier alpha value is -2.14. The van der Waals surface area contributed by atoms with Gasteiger partial charge in [-0.1, -0.05) is 60.7 Å². The number of rotatable bonds is 7. The summed E-state index contributed by atoms with van der Waals surface area (Å²) >= 11 is 0. The van der Waals surface area contributed by atoms with Crippen molar-refractivity contribution in [2.24, 2.45) is 5.73 Å². The quantitative estimate of drug-likeness (QED) is 0.472. The van der Waals surface area contributed by atoms with Gasteiger partial charge in [0.1, 0.15) is 0 Å². The zero-order valence-corrected chi connectivity index (χ0v) is 19.5. The van der Waals surface area contributed by atoms with Crippen molar-refractivity contribution in [3.63, 3.8) is 0 Å². The second-order valence-electron chi connectivity index (χ2n) is 8.63. The van der Waals surface area contributed by atoms with Gasteiger partial charge < -0.3 is 15.9 Å². The van der Waals surface area contributed by atoms with Crippen molar-refractivity contribution in [1.29, 1.82) is 0 Å². The number of halogens is 6. The van der Waals surface area contributed by atoms with E-state index in [4.69, 9.17) is 10.8 Å². The van der Waals surface area contributed by atoms with Crippen LogP contribution in [-0.4, -0.2) is 50.8 Å². The van der Waals surface area contributed by atoms with E-state index in [1.807, 2.05) is 60.7 Å². The highest BCUT2D eigenvalue weighted by Crippen LogP contribution is 2.36. The van der Waals surface area contributed by atoms with E-state index in [2.05, 4.69) is 0 Å². The van der Waals surface area contributed by atoms with Gasteiger partial charge in [-0.25, -0.2) is 0 Å². The zero-order valence-electron chi connectivity index (χ0n) is 19.5. The van der Waals surface area contributed by atoms with E-state index >= 15 is 0 Å². The molecule has 0 amide bonds. The third-order valence-corrected chi connectivity index (χ3v) is 5.85. The first-order valence-electron chi connectivity index (χ1n) is 10.6. The van der Waals surface area contributed by atoms with Gasteiger partial charge in [-0.2, -0.15) is 26.3 Å². The molecule has 0 aliphatic rings. The molecule has 4 atom stereocenters. The minimum absolute atomic E-state index is 0.323. The van der Waals surface area contributed by atoms with Crippen LogP contribution in [0.2, 0.25) is 0 Å². The summed E-state index contributed by atoms with van der Waals surface area (Å²) in [6.07, 6.45) is -9.35. The molecular formula is C24H32F6N2O2. The highest BCUT2D eigenvalue weighted by atomic mass is 19.4. The van der Waals surface area contributed by atoms with Gasteiger partial charge in [0.2, 0.25) is 0 Å². The summed E-state index contributed by atoms with van der Waals surface area (Å²) < 4.78 is 75.0. The first-order valence-corrected chi connectivity index (χ1v) is 10.6. The molecule has 34 heavy (non-hydrogen) atoms. The minimum atomic E-state index is -4.70. The van der Waals surface area contributed by atoms with Gasteiger partial charge in [0, 0.05) is 25.2 Å². The summed E-state index contributed by atoms with van der Waals surface area (Å²) in [6.45, 7) is 4.65. The fraction of sp³-hybridized carbons (Fsp3) is 0.500. The lowest BCUT2D eigenvalue weighted by Gasteiger charge is -2.40. The Morgan fingerprint density at radius 1 is 0.706 bits per heavy atom. The molecule has 0 radical (unpaired) electrons. The van der Waals surface area contributed by atoms with Crippen LogP contribution in [0.5, 0.6) is 0 Å². The van der Waals surface area contributed by atoms with Crippen LogP contribution in [0.25, 0.3) is 0 Å².